The highest BCUT2D eigenvalue weighted by molar-refractivity contribution is 7.16. The average molecular weight is 437 g/mol. The standard InChI is InChI=1S/C23H21FN4O2S/c1-13-10-14(2)26-23(25-13)27-20(16-6-4-7-17(24)12-16)18-11-15(3)31-22(18)28-21(29)19-8-5-9-30-19/h4-12,20H,1-3H3,(H,28,29)(H,25,26,27). The van der Waals surface area contributed by atoms with Gasteiger partial charge in [0.1, 0.15) is 10.8 Å². The smallest absolute Gasteiger partial charge is 0.291 e. The molecule has 1 unspecified atom stereocenters. The van der Waals surface area contributed by atoms with E-state index in [0.29, 0.717) is 16.5 Å². The number of hydrogen-bond donors (Lipinski definition) is 2. The largest absolute Gasteiger partial charge is 0.459 e. The third-order valence-corrected chi connectivity index (χ3v) is 5.59. The molecule has 0 spiro atoms. The highest BCUT2D eigenvalue weighted by atomic mass is 32.1. The summed E-state index contributed by atoms with van der Waals surface area (Å²) in [5.41, 5.74) is 3.12. The lowest BCUT2D eigenvalue weighted by atomic mass is 10.00. The Balaban J connectivity index is 1.75. The van der Waals surface area contributed by atoms with Crippen molar-refractivity contribution in [2.24, 2.45) is 0 Å². The molecular formula is C23H21FN4O2S. The van der Waals surface area contributed by atoms with Crippen LogP contribution < -0.4 is 10.6 Å². The molecule has 6 nitrogen and oxygen atoms in total. The molecule has 0 aliphatic rings. The predicted molar refractivity (Wildman–Crippen MR) is 119 cm³/mol. The summed E-state index contributed by atoms with van der Waals surface area (Å²) in [6.45, 7) is 5.73. The first-order valence-corrected chi connectivity index (χ1v) is 10.5. The van der Waals surface area contributed by atoms with Gasteiger partial charge in [0, 0.05) is 21.8 Å². The van der Waals surface area contributed by atoms with E-state index < -0.39 is 6.04 Å². The number of rotatable bonds is 6. The van der Waals surface area contributed by atoms with Crippen molar-refractivity contribution in [1.29, 1.82) is 0 Å². The molecule has 0 fully saturated rings. The fourth-order valence-corrected chi connectivity index (χ4v) is 4.31. The van der Waals surface area contributed by atoms with Crippen molar-refractivity contribution in [3.05, 3.63) is 93.8 Å². The van der Waals surface area contributed by atoms with E-state index in [0.717, 1.165) is 21.8 Å². The number of anilines is 2. The minimum atomic E-state index is -0.478. The number of hydrogen-bond acceptors (Lipinski definition) is 6. The molecule has 0 bridgehead atoms. The second kappa shape index (κ2) is 8.69. The van der Waals surface area contributed by atoms with Crippen molar-refractivity contribution in [2.75, 3.05) is 10.6 Å². The van der Waals surface area contributed by atoms with Crippen LogP contribution in [0.3, 0.4) is 0 Å². The van der Waals surface area contributed by atoms with Gasteiger partial charge in [0.2, 0.25) is 5.95 Å². The van der Waals surface area contributed by atoms with E-state index in [4.69, 9.17) is 4.42 Å². The van der Waals surface area contributed by atoms with E-state index in [1.807, 2.05) is 39.0 Å². The van der Waals surface area contributed by atoms with Crippen LogP contribution in [-0.4, -0.2) is 15.9 Å². The highest BCUT2D eigenvalue weighted by Crippen LogP contribution is 2.37. The SMILES string of the molecule is Cc1cc(C)nc(NC(c2cccc(F)c2)c2cc(C)sc2NC(=O)c2ccco2)n1. The molecular weight excluding hydrogens is 415 g/mol. The van der Waals surface area contributed by atoms with Gasteiger partial charge in [0.15, 0.2) is 5.76 Å². The normalized spacial score (nSPS) is 11.9. The van der Waals surface area contributed by atoms with E-state index in [2.05, 4.69) is 20.6 Å². The van der Waals surface area contributed by atoms with Gasteiger partial charge < -0.3 is 15.1 Å². The maximum Gasteiger partial charge on any atom is 0.291 e. The summed E-state index contributed by atoms with van der Waals surface area (Å²) >= 11 is 1.44. The summed E-state index contributed by atoms with van der Waals surface area (Å²) in [7, 11) is 0. The van der Waals surface area contributed by atoms with Crippen LogP contribution in [0.2, 0.25) is 0 Å². The molecule has 3 aromatic heterocycles. The quantitative estimate of drug-likeness (QED) is 0.408. The number of amides is 1. The Morgan fingerprint density at radius 3 is 2.52 bits per heavy atom. The Hall–Kier alpha value is -3.52. The Kier molecular flexibility index (Phi) is 5.81. The molecule has 1 aromatic carbocycles. The Bertz CT molecular complexity index is 1200. The lowest BCUT2D eigenvalue weighted by molar-refractivity contribution is 0.0997. The van der Waals surface area contributed by atoms with Gasteiger partial charge in [-0.3, -0.25) is 4.79 Å². The van der Waals surface area contributed by atoms with Crippen molar-refractivity contribution in [3.8, 4) is 0 Å². The summed E-state index contributed by atoms with van der Waals surface area (Å²) in [5.74, 6) is -0.0589. The molecule has 158 valence electrons. The molecule has 3 heterocycles. The van der Waals surface area contributed by atoms with Crippen LogP contribution in [0.5, 0.6) is 0 Å². The molecule has 1 amide bonds. The van der Waals surface area contributed by atoms with E-state index in [1.165, 1.54) is 29.7 Å². The number of carbonyl (C=O) groups excluding carboxylic acids is 1. The number of nitrogens with zero attached hydrogens (tertiary/aromatic N) is 2. The third-order valence-electron chi connectivity index (χ3n) is 4.60. The molecule has 0 saturated carbocycles. The zero-order valence-corrected chi connectivity index (χ0v) is 18.1. The van der Waals surface area contributed by atoms with Crippen LogP contribution in [0, 0.1) is 26.6 Å². The molecule has 0 aliphatic heterocycles. The van der Waals surface area contributed by atoms with Crippen molar-refractivity contribution in [3.63, 3.8) is 0 Å². The first-order chi connectivity index (χ1) is 14.9. The maximum absolute atomic E-state index is 14.1. The van der Waals surface area contributed by atoms with Crippen molar-refractivity contribution < 1.29 is 13.6 Å². The van der Waals surface area contributed by atoms with E-state index in [-0.39, 0.29) is 17.5 Å². The summed E-state index contributed by atoms with van der Waals surface area (Å²) in [4.78, 5) is 22.5. The van der Waals surface area contributed by atoms with Crippen LogP contribution in [0.4, 0.5) is 15.3 Å². The molecule has 0 aliphatic carbocycles. The summed E-state index contributed by atoms with van der Waals surface area (Å²) in [6.07, 6.45) is 1.45. The highest BCUT2D eigenvalue weighted by Gasteiger charge is 2.23. The average Bonchev–Trinajstić information content (AvgIpc) is 3.35. The molecule has 4 aromatic rings. The van der Waals surface area contributed by atoms with Gasteiger partial charge in [-0.05, 0) is 62.7 Å². The maximum atomic E-state index is 14.1. The minimum absolute atomic E-state index is 0.213. The fraction of sp³-hybridized carbons (Fsp3) is 0.174. The van der Waals surface area contributed by atoms with Crippen LogP contribution in [0.15, 0.2) is 59.2 Å². The first-order valence-electron chi connectivity index (χ1n) is 9.68. The van der Waals surface area contributed by atoms with Gasteiger partial charge in [0.05, 0.1) is 12.3 Å². The second-order valence-corrected chi connectivity index (χ2v) is 8.44. The number of halogens is 1. The molecule has 0 radical (unpaired) electrons. The number of aromatic nitrogens is 2. The molecule has 1 atom stereocenters. The van der Waals surface area contributed by atoms with Gasteiger partial charge in [-0.2, -0.15) is 0 Å². The van der Waals surface area contributed by atoms with E-state index >= 15 is 0 Å². The second-order valence-electron chi connectivity index (χ2n) is 7.18. The van der Waals surface area contributed by atoms with Gasteiger partial charge >= 0.3 is 0 Å². The lowest BCUT2D eigenvalue weighted by Crippen LogP contribution is -2.18. The fourth-order valence-electron chi connectivity index (χ4n) is 3.36. The van der Waals surface area contributed by atoms with Gasteiger partial charge in [-0.15, -0.1) is 11.3 Å². The van der Waals surface area contributed by atoms with Crippen molar-refractivity contribution in [2.45, 2.75) is 26.8 Å². The Morgan fingerprint density at radius 2 is 1.84 bits per heavy atom. The number of carbonyl (C=O) groups is 1. The van der Waals surface area contributed by atoms with Crippen LogP contribution in [0.25, 0.3) is 0 Å². The molecule has 8 heteroatoms. The van der Waals surface area contributed by atoms with Crippen LogP contribution in [-0.2, 0) is 0 Å². The van der Waals surface area contributed by atoms with Crippen molar-refractivity contribution >= 4 is 28.2 Å². The molecule has 0 saturated heterocycles. The van der Waals surface area contributed by atoms with E-state index in [9.17, 15) is 9.18 Å². The minimum Gasteiger partial charge on any atom is -0.459 e. The van der Waals surface area contributed by atoms with Crippen molar-refractivity contribution in [1.82, 2.24) is 9.97 Å². The number of aryl methyl sites for hydroxylation is 3. The van der Waals surface area contributed by atoms with Crippen LogP contribution >= 0.6 is 11.3 Å². The molecule has 31 heavy (non-hydrogen) atoms. The summed E-state index contributed by atoms with van der Waals surface area (Å²) < 4.78 is 19.3. The van der Waals surface area contributed by atoms with Crippen LogP contribution in [0.1, 0.15) is 44.0 Å². The van der Waals surface area contributed by atoms with Gasteiger partial charge in [-0.1, -0.05) is 12.1 Å². The third kappa shape index (κ3) is 4.80. The van der Waals surface area contributed by atoms with Gasteiger partial charge in [0.25, 0.3) is 5.91 Å². The Morgan fingerprint density at radius 1 is 1.06 bits per heavy atom. The number of benzene rings is 1. The zero-order chi connectivity index (χ0) is 22.0. The number of nitrogens with one attached hydrogen (secondary N) is 2. The summed E-state index contributed by atoms with van der Waals surface area (Å²) in [5, 5.41) is 6.89. The number of thiophene rings is 1. The van der Waals surface area contributed by atoms with E-state index in [1.54, 1.807) is 18.2 Å². The topological polar surface area (TPSA) is 80.0 Å². The number of furan rings is 1. The summed E-state index contributed by atoms with van der Waals surface area (Å²) in [6, 6.07) is 13.0. The lowest BCUT2D eigenvalue weighted by Gasteiger charge is -2.21. The Labute approximate surface area is 183 Å². The van der Waals surface area contributed by atoms with Gasteiger partial charge in [-0.25, -0.2) is 14.4 Å². The molecule has 4 rings (SSSR count). The predicted octanol–water partition coefficient (Wildman–Crippen LogP) is 5.65. The molecule has 2 N–H and O–H groups in total. The first kappa shape index (κ1) is 20.7. The zero-order valence-electron chi connectivity index (χ0n) is 17.3. The monoisotopic (exact) mass is 436 g/mol.